The SMILES string of the molecule is Cc1ccc(OC2CCN(C(=O)CC[C@@H]3CCCN(C)C3)CC2)cc1. The molecule has 1 aromatic carbocycles. The van der Waals surface area contributed by atoms with Crippen LogP contribution in [-0.2, 0) is 4.79 Å². The molecule has 0 aromatic heterocycles. The first-order chi connectivity index (χ1) is 12.1. The van der Waals surface area contributed by atoms with E-state index in [-0.39, 0.29) is 6.10 Å². The van der Waals surface area contributed by atoms with Gasteiger partial charge in [-0.1, -0.05) is 17.7 Å². The van der Waals surface area contributed by atoms with E-state index in [1.165, 1.54) is 24.9 Å². The van der Waals surface area contributed by atoms with Gasteiger partial charge in [0, 0.05) is 38.9 Å². The van der Waals surface area contributed by atoms with E-state index in [4.69, 9.17) is 4.74 Å². The topological polar surface area (TPSA) is 32.8 Å². The molecule has 4 nitrogen and oxygen atoms in total. The molecule has 0 N–H and O–H groups in total. The van der Waals surface area contributed by atoms with Gasteiger partial charge < -0.3 is 14.5 Å². The Morgan fingerprint density at radius 2 is 1.84 bits per heavy atom. The number of ether oxygens (including phenoxy) is 1. The van der Waals surface area contributed by atoms with E-state index in [0.29, 0.717) is 18.2 Å². The van der Waals surface area contributed by atoms with E-state index < -0.39 is 0 Å². The third kappa shape index (κ3) is 5.46. The highest BCUT2D eigenvalue weighted by Crippen LogP contribution is 2.23. The third-order valence-corrected chi connectivity index (χ3v) is 5.61. The highest BCUT2D eigenvalue weighted by molar-refractivity contribution is 5.76. The summed E-state index contributed by atoms with van der Waals surface area (Å²) in [5.74, 6) is 1.98. The van der Waals surface area contributed by atoms with Crippen molar-refractivity contribution in [1.82, 2.24) is 9.80 Å². The summed E-state index contributed by atoms with van der Waals surface area (Å²) in [5.41, 5.74) is 1.25. The standard InChI is InChI=1S/C21H32N2O2/c1-17-5-8-19(9-6-17)25-20-11-14-23(15-12-20)21(24)10-7-18-4-3-13-22(2)16-18/h5-6,8-9,18,20H,3-4,7,10-16H2,1-2H3/t18-/m0/s1. The first kappa shape index (κ1) is 18.2. The van der Waals surface area contributed by atoms with Crippen LogP contribution >= 0.6 is 0 Å². The van der Waals surface area contributed by atoms with Crippen molar-refractivity contribution in [2.24, 2.45) is 5.92 Å². The average Bonchev–Trinajstić information content (AvgIpc) is 2.62. The molecule has 1 aromatic rings. The largest absolute Gasteiger partial charge is 0.490 e. The van der Waals surface area contributed by atoms with E-state index in [9.17, 15) is 4.79 Å². The molecule has 0 bridgehead atoms. The van der Waals surface area contributed by atoms with E-state index in [0.717, 1.165) is 44.6 Å². The fraction of sp³-hybridized carbons (Fsp3) is 0.667. The molecule has 1 atom stereocenters. The lowest BCUT2D eigenvalue weighted by Gasteiger charge is -2.33. The number of rotatable bonds is 5. The van der Waals surface area contributed by atoms with E-state index >= 15 is 0 Å². The second-order valence-corrected chi connectivity index (χ2v) is 7.82. The Labute approximate surface area is 152 Å². The zero-order chi connectivity index (χ0) is 17.6. The highest BCUT2D eigenvalue weighted by atomic mass is 16.5. The van der Waals surface area contributed by atoms with Gasteiger partial charge in [-0.15, -0.1) is 0 Å². The van der Waals surface area contributed by atoms with Gasteiger partial charge in [0.15, 0.2) is 0 Å². The number of likely N-dealkylation sites (tertiary alicyclic amines) is 2. The number of nitrogens with zero attached hydrogens (tertiary/aromatic N) is 2. The molecule has 3 rings (SSSR count). The fourth-order valence-electron chi connectivity index (χ4n) is 4.03. The van der Waals surface area contributed by atoms with Crippen molar-refractivity contribution in [3.05, 3.63) is 29.8 Å². The lowest BCUT2D eigenvalue weighted by molar-refractivity contribution is -0.133. The number of amides is 1. The second kappa shape index (κ2) is 8.70. The lowest BCUT2D eigenvalue weighted by atomic mass is 9.93. The first-order valence-electron chi connectivity index (χ1n) is 9.80. The van der Waals surface area contributed by atoms with Gasteiger partial charge in [-0.05, 0) is 57.8 Å². The van der Waals surface area contributed by atoms with Crippen molar-refractivity contribution in [2.45, 2.75) is 51.6 Å². The van der Waals surface area contributed by atoms with Crippen molar-refractivity contribution >= 4 is 5.91 Å². The van der Waals surface area contributed by atoms with Crippen LogP contribution in [0.15, 0.2) is 24.3 Å². The number of hydrogen-bond acceptors (Lipinski definition) is 3. The Kier molecular flexibility index (Phi) is 6.35. The number of benzene rings is 1. The minimum Gasteiger partial charge on any atom is -0.490 e. The van der Waals surface area contributed by atoms with Crippen LogP contribution in [0.25, 0.3) is 0 Å². The molecule has 2 aliphatic rings. The van der Waals surface area contributed by atoms with Crippen LogP contribution in [-0.4, -0.2) is 55.0 Å². The molecule has 0 spiro atoms. The fourth-order valence-corrected chi connectivity index (χ4v) is 4.03. The maximum absolute atomic E-state index is 12.5. The molecule has 0 aliphatic carbocycles. The maximum atomic E-state index is 12.5. The average molecular weight is 344 g/mol. The highest BCUT2D eigenvalue weighted by Gasteiger charge is 2.25. The quantitative estimate of drug-likeness (QED) is 0.820. The Hall–Kier alpha value is -1.55. The van der Waals surface area contributed by atoms with Crippen molar-refractivity contribution in [2.75, 3.05) is 33.2 Å². The summed E-state index contributed by atoms with van der Waals surface area (Å²) in [7, 11) is 2.19. The monoisotopic (exact) mass is 344 g/mol. The summed E-state index contributed by atoms with van der Waals surface area (Å²) >= 11 is 0. The van der Waals surface area contributed by atoms with Crippen molar-refractivity contribution < 1.29 is 9.53 Å². The second-order valence-electron chi connectivity index (χ2n) is 7.82. The molecular weight excluding hydrogens is 312 g/mol. The molecule has 2 fully saturated rings. The summed E-state index contributed by atoms with van der Waals surface area (Å²) in [5, 5.41) is 0. The van der Waals surface area contributed by atoms with Crippen molar-refractivity contribution in [3.8, 4) is 5.75 Å². The van der Waals surface area contributed by atoms with Crippen LogP contribution in [0.1, 0.15) is 44.1 Å². The zero-order valence-corrected chi connectivity index (χ0v) is 15.7. The van der Waals surface area contributed by atoms with Crippen LogP contribution in [0, 0.1) is 12.8 Å². The van der Waals surface area contributed by atoms with Crippen LogP contribution in [0.4, 0.5) is 0 Å². The van der Waals surface area contributed by atoms with Crippen molar-refractivity contribution in [1.29, 1.82) is 0 Å². The molecule has 2 aliphatic heterocycles. The number of hydrogen-bond donors (Lipinski definition) is 0. The van der Waals surface area contributed by atoms with Gasteiger partial charge in [-0.25, -0.2) is 0 Å². The van der Waals surface area contributed by atoms with Gasteiger partial charge in [-0.3, -0.25) is 4.79 Å². The van der Waals surface area contributed by atoms with Gasteiger partial charge in [0.2, 0.25) is 5.91 Å². The summed E-state index contributed by atoms with van der Waals surface area (Å²) < 4.78 is 6.06. The Morgan fingerprint density at radius 1 is 1.12 bits per heavy atom. The molecule has 138 valence electrons. The molecule has 0 radical (unpaired) electrons. The van der Waals surface area contributed by atoms with Crippen LogP contribution in [0.5, 0.6) is 5.75 Å². The lowest BCUT2D eigenvalue weighted by Crippen LogP contribution is -2.42. The molecule has 25 heavy (non-hydrogen) atoms. The van der Waals surface area contributed by atoms with Gasteiger partial charge in [-0.2, -0.15) is 0 Å². The van der Waals surface area contributed by atoms with Crippen LogP contribution in [0.3, 0.4) is 0 Å². The predicted octanol–water partition coefficient (Wildman–Crippen LogP) is 3.49. The number of aryl methyl sites for hydroxylation is 1. The minimum absolute atomic E-state index is 0.235. The third-order valence-electron chi connectivity index (χ3n) is 5.61. The van der Waals surface area contributed by atoms with Crippen LogP contribution < -0.4 is 4.74 Å². The smallest absolute Gasteiger partial charge is 0.222 e. The molecule has 2 saturated heterocycles. The minimum atomic E-state index is 0.235. The summed E-state index contributed by atoms with van der Waals surface area (Å²) in [6.07, 6.45) is 6.42. The predicted molar refractivity (Wildman–Crippen MR) is 101 cm³/mol. The molecule has 2 heterocycles. The molecule has 4 heteroatoms. The number of piperidine rings is 2. The van der Waals surface area contributed by atoms with E-state index in [1.807, 2.05) is 17.0 Å². The summed E-state index contributed by atoms with van der Waals surface area (Å²) in [4.78, 5) is 16.9. The Bertz CT molecular complexity index is 550. The van der Waals surface area contributed by atoms with Gasteiger partial charge in [0.05, 0.1) is 0 Å². The summed E-state index contributed by atoms with van der Waals surface area (Å²) in [6, 6.07) is 8.23. The van der Waals surface area contributed by atoms with E-state index in [2.05, 4.69) is 31.0 Å². The normalized spacial score (nSPS) is 22.8. The maximum Gasteiger partial charge on any atom is 0.222 e. The van der Waals surface area contributed by atoms with E-state index in [1.54, 1.807) is 0 Å². The number of carbonyl (C=O) groups excluding carboxylic acids is 1. The molecular formula is C21H32N2O2. The van der Waals surface area contributed by atoms with Crippen molar-refractivity contribution in [3.63, 3.8) is 0 Å². The summed E-state index contributed by atoms with van der Waals surface area (Å²) in [6.45, 7) is 6.11. The van der Waals surface area contributed by atoms with Gasteiger partial charge >= 0.3 is 0 Å². The first-order valence-corrected chi connectivity index (χ1v) is 9.80. The molecule has 0 unspecified atom stereocenters. The Morgan fingerprint density at radius 3 is 2.52 bits per heavy atom. The zero-order valence-electron chi connectivity index (χ0n) is 15.7. The Balaban J connectivity index is 1.37. The van der Waals surface area contributed by atoms with Gasteiger partial charge in [0.25, 0.3) is 0 Å². The number of carbonyl (C=O) groups is 1. The molecule has 1 amide bonds. The van der Waals surface area contributed by atoms with Crippen LogP contribution in [0.2, 0.25) is 0 Å². The van der Waals surface area contributed by atoms with Gasteiger partial charge in [0.1, 0.15) is 11.9 Å². The molecule has 0 saturated carbocycles.